The molecule has 0 aromatic rings. The molecule has 2 atom stereocenters. The van der Waals surface area contributed by atoms with Gasteiger partial charge in [-0.1, -0.05) is 0 Å². The predicted molar refractivity (Wildman–Crippen MR) is 54.2 cm³/mol. The van der Waals surface area contributed by atoms with Crippen LogP contribution in [-0.2, 0) is 13.9 Å². The molecule has 0 aromatic carbocycles. The highest BCUT2D eigenvalue weighted by Gasteiger charge is 2.34. The first-order valence-electron chi connectivity index (χ1n) is 4.90. The van der Waals surface area contributed by atoms with Gasteiger partial charge >= 0.3 is 0 Å². The van der Waals surface area contributed by atoms with Crippen molar-refractivity contribution in [2.24, 2.45) is 0 Å². The van der Waals surface area contributed by atoms with Gasteiger partial charge in [0.25, 0.3) is 0 Å². The van der Waals surface area contributed by atoms with Crippen LogP contribution in [0.25, 0.3) is 0 Å². The number of hydrogen-bond acceptors (Lipinski definition) is 3. The minimum Gasteiger partial charge on any atom is -0.418 e. The standard InChI is InChI=1S/C9H20O3Si/c1-8-9(12-8)10-6-5-7-11-13(2,3)4/h8-9H,5-7H2,1-4H3. The van der Waals surface area contributed by atoms with Crippen molar-refractivity contribution in [1.82, 2.24) is 0 Å². The van der Waals surface area contributed by atoms with Gasteiger partial charge in [0.15, 0.2) is 14.6 Å². The average Bonchev–Trinajstić information content (AvgIpc) is 2.63. The third kappa shape index (κ3) is 5.41. The van der Waals surface area contributed by atoms with Gasteiger partial charge in [0.1, 0.15) is 6.10 Å². The highest BCUT2D eigenvalue weighted by molar-refractivity contribution is 6.69. The lowest BCUT2D eigenvalue weighted by Crippen LogP contribution is -2.26. The average molecular weight is 204 g/mol. The molecule has 1 fully saturated rings. The van der Waals surface area contributed by atoms with Crippen LogP contribution in [0.4, 0.5) is 0 Å². The summed E-state index contributed by atoms with van der Waals surface area (Å²) < 4.78 is 16.2. The van der Waals surface area contributed by atoms with E-state index in [9.17, 15) is 0 Å². The van der Waals surface area contributed by atoms with E-state index in [-0.39, 0.29) is 6.29 Å². The fourth-order valence-electron chi connectivity index (χ4n) is 0.978. The number of ether oxygens (including phenoxy) is 2. The van der Waals surface area contributed by atoms with Gasteiger partial charge in [0.2, 0.25) is 0 Å². The van der Waals surface area contributed by atoms with Gasteiger partial charge in [-0.05, 0) is 33.0 Å². The molecule has 0 amide bonds. The third-order valence-corrected chi connectivity index (χ3v) is 2.83. The molecule has 3 nitrogen and oxygen atoms in total. The van der Waals surface area contributed by atoms with Crippen LogP contribution in [-0.4, -0.2) is 33.9 Å². The van der Waals surface area contributed by atoms with E-state index >= 15 is 0 Å². The molecule has 0 radical (unpaired) electrons. The van der Waals surface area contributed by atoms with E-state index in [1.807, 2.05) is 6.92 Å². The lowest BCUT2D eigenvalue weighted by molar-refractivity contribution is 0.0430. The summed E-state index contributed by atoms with van der Waals surface area (Å²) in [6.45, 7) is 10.2. The Balaban J connectivity index is 1.84. The van der Waals surface area contributed by atoms with Crippen LogP contribution in [0.2, 0.25) is 19.6 Å². The molecule has 2 unspecified atom stereocenters. The minimum atomic E-state index is -1.32. The van der Waals surface area contributed by atoms with Gasteiger partial charge in [-0.25, -0.2) is 0 Å². The summed E-state index contributed by atoms with van der Waals surface area (Å²) in [5.41, 5.74) is 0. The molecule has 4 heteroatoms. The van der Waals surface area contributed by atoms with Crippen LogP contribution in [0.3, 0.4) is 0 Å². The lowest BCUT2D eigenvalue weighted by Gasteiger charge is -2.16. The normalized spacial score (nSPS) is 27.7. The molecular formula is C9H20O3Si. The molecule has 0 bridgehead atoms. The van der Waals surface area contributed by atoms with E-state index in [0.29, 0.717) is 6.10 Å². The van der Waals surface area contributed by atoms with Gasteiger partial charge in [-0.15, -0.1) is 0 Å². The molecule has 78 valence electrons. The lowest BCUT2D eigenvalue weighted by atomic mass is 10.5. The van der Waals surface area contributed by atoms with E-state index in [4.69, 9.17) is 13.9 Å². The molecule has 1 rings (SSSR count). The second kappa shape index (κ2) is 4.55. The number of epoxide rings is 1. The molecule has 0 saturated carbocycles. The molecule has 1 aliphatic rings. The Kier molecular flexibility index (Phi) is 3.91. The number of rotatable bonds is 6. The fraction of sp³-hybridized carbons (Fsp3) is 1.00. The SMILES string of the molecule is CC1OC1OCCCO[Si](C)(C)C. The van der Waals surface area contributed by atoms with Crippen molar-refractivity contribution in [2.75, 3.05) is 13.2 Å². The quantitative estimate of drug-likeness (QED) is 0.376. The second-order valence-electron chi connectivity index (χ2n) is 4.39. The summed E-state index contributed by atoms with van der Waals surface area (Å²) in [4.78, 5) is 0. The third-order valence-electron chi connectivity index (χ3n) is 1.76. The van der Waals surface area contributed by atoms with Crippen molar-refractivity contribution >= 4 is 8.32 Å². The van der Waals surface area contributed by atoms with E-state index in [0.717, 1.165) is 19.6 Å². The smallest absolute Gasteiger partial charge is 0.184 e. The Labute approximate surface area is 81.5 Å². The zero-order valence-electron chi connectivity index (χ0n) is 9.00. The van der Waals surface area contributed by atoms with Crippen molar-refractivity contribution in [3.05, 3.63) is 0 Å². The van der Waals surface area contributed by atoms with Crippen LogP contribution in [0.1, 0.15) is 13.3 Å². The van der Waals surface area contributed by atoms with Crippen molar-refractivity contribution in [2.45, 2.75) is 45.4 Å². The maximum absolute atomic E-state index is 5.68. The fourth-order valence-corrected chi connectivity index (χ4v) is 1.73. The Morgan fingerprint density at radius 1 is 1.23 bits per heavy atom. The topological polar surface area (TPSA) is 31.0 Å². The summed E-state index contributed by atoms with van der Waals surface area (Å²) in [6.07, 6.45) is 1.33. The molecule has 0 aliphatic carbocycles. The highest BCUT2D eigenvalue weighted by Crippen LogP contribution is 2.21. The largest absolute Gasteiger partial charge is 0.418 e. The maximum atomic E-state index is 5.68. The molecule has 1 heterocycles. The number of hydrogen-bond donors (Lipinski definition) is 0. The van der Waals surface area contributed by atoms with Crippen molar-refractivity contribution in [1.29, 1.82) is 0 Å². The zero-order valence-corrected chi connectivity index (χ0v) is 10.0. The van der Waals surface area contributed by atoms with Crippen molar-refractivity contribution < 1.29 is 13.9 Å². The van der Waals surface area contributed by atoms with Crippen molar-refractivity contribution in [3.8, 4) is 0 Å². The summed E-state index contributed by atoms with van der Waals surface area (Å²) in [6, 6.07) is 0. The summed E-state index contributed by atoms with van der Waals surface area (Å²) in [7, 11) is -1.32. The summed E-state index contributed by atoms with van der Waals surface area (Å²) in [5.74, 6) is 0. The summed E-state index contributed by atoms with van der Waals surface area (Å²) >= 11 is 0. The van der Waals surface area contributed by atoms with E-state index in [1.54, 1.807) is 0 Å². The molecular weight excluding hydrogens is 184 g/mol. The first-order chi connectivity index (χ1) is 5.99. The van der Waals surface area contributed by atoms with Crippen LogP contribution < -0.4 is 0 Å². The van der Waals surface area contributed by atoms with Crippen LogP contribution in [0.15, 0.2) is 0 Å². The summed E-state index contributed by atoms with van der Waals surface area (Å²) in [5, 5.41) is 0. The van der Waals surface area contributed by atoms with E-state index < -0.39 is 8.32 Å². The zero-order chi connectivity index (χ0) is 9.90. The molecule has 0 spiro atoms. The monoisotopic (exact) mass is 204 g/mol. The Hall–Kier alpha value is 0.0969. The van der Waals surface area contributed by atoms with Crippen LogP contribution in [0, 0.1) is 0 Å². The van der Waals surface area contributed by atoms with Gasteiger partial charge < -0.3 is 13.9 Å². The molecule has 0 N–H and O–H groups in total. The molecule has 13 heavy (non-hydrogen) atoms. The van der Waals surface area contributed by atoms with Gasteiger partial charge in [-0.2, -0.15) is 0 Å². The molecule has 0 aromatic heterocycles. The van der Waals surface area contributed by atoms with Gasteiger partial charge in [0, 0.05) is 6.61 Å². The van der Waals surface area contributed by atoms with Crippen molar-refractivity contribution in [3.63, 3.8) is 0 Å². The van der Waals surface area contributed by atoms with Crippen LogP contribution >= 0.6 is 0 Å². The predicted octanol–water partition coefficient (Wildman–Crippen LogP) is 1.99. The Morgan fingerprint density at radius 3 is 2.31 bits per heavy atom. The van der Waals surface area contributed by atoms with E-state index in [2.05, 4.69) is 19.6 Å². The second-order valence-corrected chi connectivity index (χ2v) is 8.91. The molecule has 1 saturated heterocycles. The molecule has 1 aliphatic heterocycles. The van der Waals surface area contributed by atoms with Crippen LogP contribution in [0.5, 0.6) is 0 Å². The van der Waals surface area contributed by atoms with E-state index in [1.165, 1.54) is 0 Å². The Bertz CT molecular complexity index is 155. The first-order valence-corrected chi connectivity index (χ1v) is 8.31. The highest BCUT2D eigenvalue weighted by atomic mass is 28.4. The van der Waals surface area contributed by atoms with Gasteiger partial charge in [0.05, 0.1) is 6.61 Å². The Morgan fingerprint density at radius 2 is 1.85 bits per heavy atom. The minimum absolute atomic E-state index is 0.0619. The van der Waals surface area contributed by atoms with Gasteiger partial charge in [-0.3, -0.25) is 0 Å². The maximum Gasteiger partial charge on any atom is 0.184 e. The first kappa shape index (κ1) is 11.2.